The van der Waals surface area contributed by atoms with Crippen LogP contribution in [-0.4, -0.2) is 66.6 Å². The summed E-state index contributed by atoms with van der Waals surface area (Å²) in [5, 5.41) is 25.7. The van der Waals surface area contributed by atoms with Crippen molar-refractivity contribution in [1.29, 1.82) is 0 Å². The maximum Gasteiger partial charge on any atom is 0.307 e. The minimum Gasteiger partial charge on any atom is -0.481 e. The topological polar surface area (TPSA) is 99.5 Å². The van der Waals surface area contributed by atoms with Gasteiger partial charge in [-0.05, 0) is 119 Å². The first-order valence-electron chi connectivity index (χ1n) is 16.8. The molecule has 2 saturated heterocycles. The lowest BCUT2D eigenvalue weighted by Gasteiger charge is -2.58. The van der Waals surface area contributed by atoms with E-state index in [4.69, 9.17) is 9.68 Å². The summed E-state index contributed by atoms with van der Waals surface area (Å²) in [5.41, 5.74) is -1.68. The molecule has 42 heavy (non-hydrogen) atoms. The smallest absolute Gasteiger partial charge is 0.307 e. The van der Waals surface area contributed by atoms with Crippen molar-refractivity contribution in [2.75, 3.05) is 0 Å². The molecule has 2 unspecified atom stereocenters. The van der Waals surface area contributed by atoms with Gasteiger partial charge in [0.25, 0.3) is 0 Å². The molecule has 0 amide bonds. The number of carboxylic acid groups (broad SMARTS) is 2. The molecule has 2 heterocycles. The van der Waals surface area contributed by atoms with E-state index in [1.54, 1.807) is 0 Å². The summed E-state index contributed by atoms with van der Waals surface area (Å²) in [4.78, 5) is 39.5. The molecular weight excluding hydrogens is 532 g/mol. The molecule has 2 aliphatic heterocycles. The third-order valence-electron chi connectivity index (χ3n) is 10.8. The summed E-state index contributed by atoms with van der Waals surface area (Å²) in [7, 11) is 0. The van der Waals surface area contributed by atoms with Gasteiger partial charge in [0, 0.05) is 22.2 Å². The Morgan fingerprint density at radius 1 is 0.548 bits per heavy atom. The van der Waals surface area contributed by atoms with Crippen molar-refractivity contribution in [2.24, 2.45) is 23.7 Å². The predicted molar refractivity (Wildman–Crippen MR) is 164 cm³/mol. The first-order chi connectivity index (χ1) is 19.4. The van der Waals surface area contributed by atoms with Gasteiger partial charge in [-0.25, -0.2) is 0 Å². The summed E-state index contributed by atoms with van der Waals surface area (Å²) < 4.78 is 0. The van der Waals surface area contributed by atoms with Crippen molar-refractivity contribution < 1.29 is 29.5 Å². The van der Waals surface area contributed by atoms with E-state index in [2.05, 4.69) is 65.5 Å². The summed E-state index contributed by atoms with van der Waals surface area (Å²) in [6.07, 6.45) is 14.2. The third-order valence-corrected chi connectivity index (χ3v) is 10.8. The Morgan fingerprint density at radius 2 is 0.810 bits per heavy atom. The van der Waals surface area contributed by atoms with Crippen LogP contribution in [0.1, 0.15) is 145 Å². The van der Waals surface area contributed by atoms with Crippen LogP contribution in [0.25, 0.3) is 0 Å². The van der Waals surface area contributed by atoms with Crippen LogP contribution in [0.15, 0.2) is 0 Å². The Balaban J connectivity index is 1.57. The molecule has 8 heteroatoms. The largest absolute Gasteiger partial charge is 0.481 e. The maximum absolute atomic E-state index is 13.1. The Labute approximate surface area is 254 Å². The standard InChI is InChI=1S/C34H60N2O6/c1-31(2)19-23(20-32(3,4)35(31)41-25-15-11-9-12-16-25)27(29(37)38)28(30(39)40)24-21-33(5,6)36(34(7,8)22-24)42-26-17-13-10-14-18-26/h23-28H,9-22H2,1-8H3,(H,37,38)(H,39,40). The molecule has 4 aliphatic rings. The molecule has 0 aromatic heterocycles. The van der Waals surface area contributed by atoms with E-state index >= 15 is 0 Å². The van der Waals surface area contributed by atoms with Gasteiger partial charge in [0.2, 0.25) is 0 Å². The first-order valence-corrected chi connectivity index (χ1v) is 16.8. The highest BCUT2D eigenvalue weighted by atomic mass is 16.7. The monoisotopic (exact) mass is 592 g/mol. The molecule has 4 fully saturated rings. The van der Waals surface area contributed by atoms with E-state index in [0.717, 1.165) is 25.7 Å². The van der Waals surface area contributed by atoms with Crippen molar-refractivity contribution in [1.82, 2.24) is 10.1 Å². The predicted octanol–water partition coefficient (Wildman–Crippen LogP) is 7.46. The number of carboxylic acids is 2. The maximum atomic E-state index is 13.1. The van der Waals surface area contributed by atoms with Gasteiger partial charge in [-0.3, -0.25) is 19.3 Å². The number of carbonyl (C=O) groups is 2. The quantitative estimate of drug-likeness (QED) is 0.285. The summed E-state index contributed by atoms with van der Waals surface area (Å²) in [6.45, 7) is 17.0. The van der Waals surface area contributed by atoms with Gasteiger partial charge in [0.1, 0.15) is 0 Å². The van der Waals surface area contributed by atoms with Crippen molar-refractivity contribution >= 4 is 11.9 Å². The molecule has 4 rings (SSSR count). The molecule has 0 bridgehead atoms. The summed E-state index contributed by atoms with van der Waals surface area (Å²) in [5.74, 6) is -4.47. The van der Waals surface area contributed by atoms with Gasteiger partial charge in [0.15, 0.2) is 0 Å². The average molecular weight is 593 g/mol. The Kier molecular flexibility index (Phi) is 10.1. The molecule has 242 valence electrons. The fourth-order valence-electron chi connectivity index (χ4n) is 9.70. The van der Waals surface area contributed by atoms with Gasteiger partial charge in [-0.2, -0.15) is 10.1 Å². The zero-order valence-corrected chi connectivity index (χ0v) is 27.8. The van der Waals surface area contributed by atoms with Gasteiger partial charge >= 0.3 is 11.9 Å². The number of hydroxylamine groups is 4. The van der Waals surface area contributed by atoms with E-state index in [0.29, 0.717) is 25.7 Å². The Bertz CT molecular complexity index is 838. The Hall–Kier alpha value is -1.22. The molecule has 2 aliphatic carbocycles. The second-order valence-corrected chi connectivity index (χ2v) is 16.6. The third kappa shape index (κ3) is 7.35. The van der Waals surface area contributed by atoms with Gasteiger partial charge in [0.05, 0.1) is 24.0 Å². The van der Waals surface area contributed by atoms with Crippen molar-refractivity contribution in [3.8, 4) is 0 Å². The normalized spacial score (nSPS) is 29.6. The highest BCUT2D eigenvalue weighted by molar-refractivity contribution is 5.80. The zero-order valence-electron chi connectivity index (χ0n) is 27.8. The molecule has 0 aromatic carbocycles. The van der Waals surface area contributed by atoms with Crippen molar-refractivity contribution in [3.05, 3.63) is 0 Å². The molecule has 2 atom stereocenters. The lowest BCUT2D eigenvalue weighted by Crippen LogP contribution is -2.64. The van der Waals surface area contributed by atoms with Gasteiger partial charge in [-0.1, -0.05) is 38.5 Å². The minimum atomic E-state index is -0.989. The number of aliphatic carboxylic acids is 2. The second-order valence-electron chi connectivity index (χ2n) is 16.6. The van der Waals surface area contributed by atoms with E-state index in [9.17, 15) is 19.8 Å². The van der Waals surface area contributed by atoms with Gasteiger partial charge < -0.3 is 10.2 Å². The molecule has 0 aromatic rings. The Morgan fingerprint density at radius 3 is 1.05 bits per heavy atom. The molecule has 2 saturated carbocycles. The van der Waals surface area contributed by atoms with Crippen LogP contribution >= 0.6 is 0 Å². The highest BCUT2D eigenvalue weighted by Gasteiger charge is 2.57. The van der Waals surface area contributed by atoms with E-state index in [1.807, 2.05) is 0 Å². The fourth-order valence-corrected chi connectivity index (χ4v) is 9.70. The molecule has 0 radical (unpaired) electrons. The first kappa shape index (κ1) is 33.7. The fraction of sp³-hybridized carbons (Fsp3) is 0.941. The lowest BCUT2D eigenvalue weighted by molar-refractivity contribution is -0.320. The number of hydrogen-bond acceptors (Lipinski definition) is 6. The SMILES string of the molecule is CC1(C)CC(C(C(=O)O)C(C(=O)O)C2CC(C)(C)N(OC3CCCCC3)C(C)(C)C2)CC(C)(C)N1OC1CCCCC1. The lowest BCUT2D eigenvalue weighted by atomic mass is 9.61. The van der Waals surface area contributed by atoms with Crippen LogP contribution in [0, 0.1) is 23.7 Å². The van der Waals surface area contributed by atoms with Gasteiger partial charge in [-0.15, -0.1) is 0 Å². The van der Waals surface area contributed by atoms with E-state index in [1.165, 1.54) is 38.5 Å². The molecule has 8 nitrogen and oxygen atoms in total. The van der Waals surface area contributed by atoms with Crippen molar-refractivity contribution in [3.63, 3.8) is 0 Å². The van der Waals surface area contributed by atoms with Crippen LogP contribution in [0.2, 0.25) is 0 Å². The van der Waals surface area contributed by atoms with E-state index < -0.39 is 45.9 Å². The van der Waals surface area contributed by atoms with Crippen LogP contribution in [0.4, 0.5) is 0 Å². The average Bonchev–Trinajstić information content (AvgIpc) is 2.86. The number of rotatable bonds is 9. The number of piperidine rings is 2. The van der Waals surface area contributed by atoms with Crippen LogP contribution in [0.3, 0.4) is 0 Å². The number of nitrogens with zero attached hydrogens (tertiary/aromatic N) is 2. The van der Waals surface area contributed by atoms with Crippen LogP contribution < -0.4 is 0 Å². The van der Waals surface area contributed by atoms with Crippen LogP contribution in [0.5, 0.6) is 0 Å². The molecular formula is C34H60N2O6. The number of hydrogen-bond donors (Lipinski definition) is 2. The zero-order chi connectivity index (χ0) is 31.1. The van der Waals surface area contributed by atoms with Crippen LogP contribution in [-0.2, 0) is 19.3 Å². The summed E-state index contributed by atoms with van der Waals surface area (Å²) in [6, 6.07) is 0. The van der Waals surface area contributed by atoms with Crippen molar-refractivity contribution in [2.45, 2.75) is 180 Å². The molecule has 2 N–H and O–H groups in total. The summed E-state index contributed by atoms with van der Waals surface area (Å²) >= 11 is 0. The second kappa shape index (κ2) is 12.6. The molecule has 0 spiro atoms. The van der Waals surface area contributed by atoms with E-state index in [-0.39, 0.29) is 24.0 Å². The highest BCUT2D eigenvalue weighted by Crippen LogP contribution is 2.52. The minimum absolute atomic E-state index is 0.196.